The van der Waals surface area contributed by atoms with E-state index in [9.17, 15) is 9.18 Å². The second kappa shape index (κ2) is 9.52. The fraction of sp³-hybridized carbons (Fsp3) is 0.333. The molecule has 1 fully saturated rings. The van der Waals surface area contributed by atoms with Gasteiger partial charge in [0.25, 0.3) is 5.91 Å². The number of nitrogens with zero attached hydrogens (tertiary/aromatic N) is 4. The van der Waals surface area contributed by atoms with E-state index in [-0.39, 0.29) is 17.5 Å². The largest absolute Gasteiger partial charge is 0.491 e. The van der Waals surface area contributed by atoms with Gasteiger partial charge in [-0.1, -0.05) is 30.3 Å². The lowest BCUT2D eigenvalue weighted by atomic mass is 10.0. The van der Waals surface area contributed by atoms with Crippen molar-refractivity contribution >= 4 is 5.91 Å². The second-order valence-corrected chi connectivity index (χ2v) is 9.05. The van der Waals surface area contributed by atoms with Crippen LogP contribution in [0.3, 0.4) is 0 Å². The van der Waals surface area contributed by atoms with E-state index >= 15 is 0 Å². The van der Waals surface area contributed by atoms with Gasteiger partial charge in [-0.25, -0.2) is 4.39 Å². The summed E-state index contributed by atoms with van der Waals surface area (Å²) < 4.78 is 19.8. The van der Waals surface area contributed by atoms with Crippen LogP contribution in [0.1, 0.15) is 27.5 Å². The van der Waals surface area contributed by atoms with Crippen LogP contribution in [0.5, 0.6) is 5.75 Å². The first-order valence-corrected chi connectivity index (χ1v) is 11.7. The number of halogens is 1. The number of piperazine rings is 1. The third kappa shape index (κ3) is 4.29. The number of rotatable bonds is 6. The van der Waals surface area contributed by atoms with Crippen molar-refractivity contribution in [2.75, 3.05) is 53.4 Å². The van der Waals surface area contributed by atoms with E-state index in [1.807, 2.05) is 37.3 Å². The molecule has 1 amide bonds. The minimum Gasteiger partial charge on any atom is -0.491 e. The average molecular weight is 461 g/mol. The highest BCUT2D eigenvalue weighted by Crippen LogP contribution is 2.45. The Morgan fingerprint density at radius 1 is 1.06 bits per heavy atom. The number of pyridine rings is 1. The Kier molecular flexibility index (Phi) is 6.30. The van der Waals surface area contributed by atoms with Crippen LogP contribution < -0.4 is 4.74 Å². The Balaban J connectivity index is 1.31. The zero-order valence-corrected chi connectivity index (χ0v) is 19.6. The first-order chi connectivity index (χ1) is 16.5. The SMILES string of the molecule is CN(C)CCOc1ccc(F)cc1C(=O)N1CCN(C2c3ccccc3-c3ncccc32)CC1. The van der Waals surface area contributed by atoms with Gasteiger partial charge in [-0.3, -0.25) is 14.7 Å². The van der Waals surface area contributed by atoms with Crippen molar-refractivity contribution in [3.8, 4) is 17.0 Å². The lowest BCUT2D eigenvalue weighted by molar-refractivity contribution is 0.0595. The summed E-state index contributed by atoms with van der Waals surface area (Å²) in [6, 6.07) is 16.9. The van der Waals surface area contributed by atoms with Crippen molar-refractivity contribution in [1.82, 2.24) is 19.7 Å². The standard InChI is InChI=1S/C27H29FN4O2/c1-30(2)16-17-34-24-10-9-19(28)18-23(24)27(33)32-14-12-31(13-15-32)26-21-7-4-3-6-20(21)25-22(26)8-5-11-29-25/h3-11,18,26H,12-17H2,1-2H3. The molecule has 7 heteroatoms. The van der Waals surface area contributed by atoms with Crippen LogP contribution in [0.4, 0.5) is 4.39 Å². The molecule has 1 unspecified atom stereocenters. The number of carbonyl (C=O) groups is 1. The Morgan fingerprint density at radius 3 is 2.62 bits per heavy atom. The zero-order valence-electron chi connectivity index (χ0n) is 19.6. The van der Waals surface area contributed by atoms with Crippen LogP contribution in [-0.2, 0) is 0 Å². The number of ether oxygens (including phenoxy) is 1. The normalized spacial score (nSPS) is 17.5. The molecule has 2 heterocycles. The molecule has 2 aliphatic rings. The number of benzene rings is 2. The highest BCUT2D eigenvalue weighted by molar-refractivity contribution is 5.97. The molecule has 0 spiro atoms. The van der Waals surface area contributed by atoms with Gasteiger partial charge >= 0.3 is 0 Å². The molecule has 176 valence electrons. The van der Waals surface area contributed by atoms with E-state index in [0.29, 0.717) is 32.0 Å². The van der Waals surface area contributed by atoms with Crippen molar-refractivity contribution in [3.05, 3.63) is 83.3 Å². The smallest absolute Gasteiger partial charge is 0.257 e. The Hall–Kier alpha value is -3.29. The minimum absolute atomic E-state index is 0.135. The molecule has 1 aliphatic carbocycles. The molecule has 0 bridgehead atoms. The maximum Gasteiger partial charge on any atom is 0.257 e. The van der Waals surface area contributed by atoms with Crippen molar-refractivity contribution in [2.45, 2.75) is 6.04 Å². The Labute approximate surface area is 199 Å². The van der Waals surface area contributed by atoms with E-state index in [2.05, 4.69) is 34.1 Å². The zero-order chi connectivity index (χ0) is 23.7. The monoisotopic (exact) mass is 460 g/mol. The molecular weight excluding hydrogens is 431 g/mol. The average Bonchev–Trinajstić information content (AvgIpc) is 3.19. The summed E-state index contributed by atoms with van der Waals surface area (Å²) in [6.45, 7) is 3.74. The molecule has 1 aromatic heterocycles. The molecular formula is C27H29FN4O2. The highest BCUT2D eigenvalue weighted by Gasteiger charge is 2.36. The number of hydrogen-bond acceptors (Lipinski definition) is 5. The van der Waals surface area contributed by atoms with Crippen molar-refractivity contribution < 1.29 is 13.9 Å². The van der Waals surface area contributed by atoms with E-state index in [0.717, 1.165) is 18.8 Å². The molecule has 0 saturated carbocycles. The summed E-state index contributed by atoms with van der Waals surface area (Å²) in [5.74, 6) is -0.193. The lowest BCUT2D eigenvalue weighted by Gasteiger charge is -2.38. The van der Waals surface area contributed by atoms with Gasteiger partial charge in [0, 0.05) is 50.0 Å². The molecule has 5 rings (SSSR count). The number of aromatic nitrogens is 1. The maximum atomic E-state index is 14.0. The number of likely N-dealkylation sites (N-methyl/N-ethyl adjacent to an activating group) is 1. The molecule has 3 aromatic rings. The number of amides is 1. The summed E-state index contributed by atoms with van der Waals surface area (Å²) in [4.78, 5) is 24.2. The second-order valence-electron chi connectivity index (χ2n) is 9.05. The lowest BCUT2D eigenvalue weighted by Crippen LogP contribution is -2.49. The molecule has 0 radical (unpaired) electrons. The highest BCUT2D eigenvalue weighted by atomic mass is 19.1. The topological polar surface area (TPSA) is 48.9 Å². The first-order valence-electron chi connectivity index (χ1n) is 11.7. The van der Waals surface area contributed by atoms with E-state index in [1.54, 1.807) is 11.0 Å². The van der Waals surface area contributed by atoms with Crippen LogP contribution in [0, 0.1) is 5.82 Å². The van der Waals surface area contributed by atoms with Crippen LogP contribution in [0.2, 0.25) is 0 Å². The maximum absolute atomic E-state index is 14.0. The van der Waals surface area contributed by atoms with Crippen LogP contribution >= 0.6 is 0 Å². The van der Waals surface area contributed by atoms with Crippen LogP contribution in [0.15, 0.2) is 60.8 Å². The fourth-order valence-electron chi connectivity index (χ4n) is 4.86. The number of fused-ring (bicyclic) bond motifs is 3. The Bertz CT molecular complexity index is 1150. The van der Waals surface area contributed by atoms with E-state index < -0.39 is 5.82 Å². The first kappa shape index (κ1) is 22.5. The third-order valence-corrected chi connectivity index (χ3v) is 6.58. The van der Waals surface area contributed by atoms with Crippen molar-refractivity contribution in [1.29, 1.82) is 0 Å². The summed E-state index contributed by atoms with van der Waals surface area (Å²) in [5.41, 5.74) is 4.98. The Morgan fingerprint density at radius 2 is 1.82 bits per heavy atom. The van der Waals surface area contributed by atoms with Gasteiger partial charge < -0.3 is 14.5 Å². The number of hydrogen-bond donors (Lipinski definition) is 0. The molecule has 2 aromatic carbocycles. The molecule has 1 aliphatic heterocycles. The van der Waals surface area contributed by atoms with Gasteiger partial charge in [-0.05, 0) is 43.9 Å². The predicted octanol–water partition coefficient (Wildman–Crippen LogP) is 3.69. The molecule has 34 heavy (non-hydrogen) atoms. The van der Waals surface area contributed by atoms with Crippen molar-refractivity contribution in [2.24, 2.45) is 0 Å². The van der Waals surface area contributed by atoms with Gasteiger partial charge in [0.1, 0.15) is 18.2 Å². The van der Waals surface area contributed by atoms with E-state index in [1.165, 1.54) is 28.8 Å². The quantitative estimate of drug-likeness (QED) is 0.562. The van der Waals surface area contributed by atoms with E-state index in [4.69, 9.17) is 4.74 Å². The van der Waals surface area contributed by atoms with Gasteiger partial charge in [0.05, 0.1) is 17.3 Å². The molecule has 1 saturated heterocycles. The third-order valence-electron chi connectivity index (χ3n) is 6.58. The van der Waals surface area contributed by atoms with Crippen molar-refractivity contribution in [3.63, 3.8) is 0 Å². The summed E-state index contributed by atoms with van der Waals surface area (Å²) in [7, 11) is 3.91. The van der Waals surface area contributed by atoms with Crippen LogP contribution in [-0.4, -0.2) is 79.0 Å². The molecule has 1 atom stereocenters. The van der Waals surface area contributed by atoms with Gasteiger partial charge in [0.15, 0.2) is 0 Å². The fourth-order valence-corrected chi connectivity index (χ4v) is 4.86. The summed E-state index contributed by atoms with van der Waals surface area (Å²) in [6.07, 6.45) is 1.84. The predicted molar refractivity (Wildman–Crippen MR) is 129 cm³/mol. The number of carbonyl (C=O) groups excluding carboxylic acids is 1. The van der Waals surface area contributed by atoms with Gasteiger partial charge in [-0.15, -0.1) is 0 Å². The summed E-state index contributed by atoms with van der Waals surface area (Å²) in [5, 5.41) is 0. The summed E-state index contributed by atoms with van der Waals surface area (Å²) >= 11 is 0. The molecule has 0 N–H and O–H groups in total. The van der Waals surface area contributed by atoms with Crippen LogP contribution in [0.25, 0.3) is 11.3 Å². The molecule has 6 nitrogen and oxygen atoms in total. The minimum atomic E-state index is -0.436. The van der Waals surface area contributed by atoms with Gasteiger partial charge in [0.2, 0.25) is 0 Å². The van der Waals surface area contributed by atoms with Gasteiger partial charge in [-0.2, -0.15) is 0 Å².